The van der Waals surface area contributed by atoms with Gasteiger partial charge >= 0.3 is 0 Å². The molecular weight excluding hydrogens is 234 g/mol. The minimum absolute atomic E-state index is 0.385. The third-order valence-electron chi connectivity index (χ3n) is 3.44. The Bertz CT molecular complexity index is 747. The zero-order valence-electron chi connectivity index (χ0n) is 11.2. The molecule has 0 radical (unpaired) electrons. The number of phenols is 1. The smallest absolute Gasteiger partial charge is 0.128 e. The topological polar surface area (TPSA) is 33.1 Å². The van der Waals surface area contributed by atoms with Crippen LogP contribution in [0.4, 0.5) is 0 Å². The first-order chi connectivity index (χ1) is 9.16. The van der Waals surface area contributed by atoms with Gasteiger partial charge in [-0.2, -0.15) is 0 Å². The molecule has 96 valence electrons. The van der Waals surface area contributed by atoms with Gasteiger partial charge in [-0.25, -0.2) is 0 Å². The van der Waals surface area contributed by atoms with Crippen LogP contribution < -0.4 is 0 Å². The number of hydrogen-bond acceptors (Lipinski definition) is 2. The molecule has 0 aliphatic carbocycles. The van der Waals surface area contributed by atoms with Crippen LogP contribution in [-0.4, -0.2) is 10.1 Å². The Morgan fingerprint density at radius 3 is 2.58 bits per heavy atom. The Balaban J connectivity index is 2.36. The molecule has 0 aliphatic rings. The lowest BCUT2D eigenvalue weighted by atomic mass is 9.97. The van der Waals surface area contributed by atoms with Crippen molar-refractivity contribution in [1.82, 2.24) is 4.98 Å². The highest BCUT2D eigenvalue weighted by molar-refractivity contribution is 6.08. The highest BCUT2D eigenvalue weighted by Crippen LogP contribution is 2.34. The fourth-order valence-corrected chi connectivity index (χ4v) is 2.58. The zero-order valence-corrected chi connectivity index (χ0v) is 11.2. The lowest BCUT2D eigenvalue weighted by Gasteiger charge is -2.11. The number of pyridine rings is 1. The van der Waals surface area contributed by atoms with Gasteiger partial charge in [-0.15, -0.1) is 0 Å². The summed E-state index contributed by atoms with van der Waals surface area (Å²) in [5.41, 5.74) is 1.88. The van der Waals surface area contributed by atoms with E-state index in [9.17, 15) is 5.11 Å². The molecule has 2 nitrogen and oxygen atoms in total. The molecule has 1 heterocycles. The van der Waals surface area contributed by atoms with Gasteiger partial charge in [0.1, 0.15) is 5.75 Å². The molecule has 0 bridgehead atoms. The fourth-order valence-electron chi connectivity index (χ4n) is 2.58. The first-order valence-electron chi connectivity index (χ1n) is 6.65. The Labute approximate surface area is 112 Å². The van der Waals surface area contributed by atoms with Gasteiger partial charge < -0.3 is 5.11 Å². The van der Waals surface area contributed by atoms with E-state index in [1.165, 1.54) is 0 Å². The third-order valence-corrected chi connectivity index (χ3v) is 3.44. The Hall–Kier alpha value is -2.09. The molecule has 0 fully saturated rings. The number of fused-ring (bicyclic) bond motifs is 3. The Morgan fingerprint density at radius 2 is 1.79 bits per heavy atom. The van der Waals surface area contributed by atoms with E-state index < -0.39 is 0 Å². The van der Waals surface area contributed by atoms with Crippen molar-refractivity contribution in [3.63, 3.8) is 0 Å². The summed E-state index contributed by atoms with van der Waals surface area (Å²) in [6, 6.07) is 12.1. The first-order valence-corrected chi connectivity index (χ1v) is 6.65. The minimum Gasteiger partial charge on any atom is -0.507 e. The largest absolute Gasteiger partial charge is 0.507 e. The van der Waals surface area contributed by atoms with Gasteiger partial charge in [0.15, 0.2) is 0 Å². The van der Waals surface area contributed by atoms with Crippen molar-refractivity contribution in [2.45, 2.75) is 20.3 Å². The van der Waals surface area contributed by atoms with Gasteiger partial charge in [-0.1, -0.05) is 44.2 Å². The number of nitrogens with zero attached hydrogens (tertiary/aromatic N) is 1. The number of phenolic OH excluding ortho intramolecular Hbond substituents is 1. The minimum atomic E-state index is 0.385. The summed E-state index contributed by atoms with van der Waals surface area (Å²) in [6.07, 6.45) is 2.65. The molecule has 0 saturated carbocycles. The third kappa shape index (κ3) is 2.03. The molecule has 1 aromatic heterocycles. The van der Waals surface area contributed by atoms with Crippen molar-refractivity contribution >= 4 is 21.7 Å². The van der Waals surface area contributed by atoms with Crippen molar-refractivity contribution < 1.29 is 5.11 Å². The Kier molecular flexibility index (Phi) is 2.86. The molecule has 19 heavy (non-hydrogen) atoms. The maximum atomic E-state index is 10.6. The van der Waals surface area contributed by atoms with Crippen LogP contribution in [0.5, 0.6) is 5.75 Å². The monoisotopic (exact) mass is 251 g/mol. The molecule has 1 N–H and O–H groups in total. The van der Waals surface area contributed by atoms with E-state index in [2.05, 4.69) is 24.9 Å². The number of aromatic hydroxyl groups is 1. The second-order valence-corrected chi connectivity index (χ2v) is 5.41. The van der Waals surface area contributed by atoms with Gasteiger partial charge in [0, 0.05) is 11.6 Å². The van der Waals surface area contributed by atoms with E-state index in [1.807, 2.05) is 30.3 Å². The van der Waals surface area contributed by atoms with E-state index in [0.717, 1.165) is 33.7 Å². The molecule has 0 unspecified atom stereocenters. The van der Waals surface area contributed by atoms with E-state index in [-0.39, 0.29) is 0 Å². The zero-order chi connectivity index (χ0) is 13.4. The van der Waals surface area contributed by atoms with Gasteiger partial charge in [-0.3, -0.25) is 4.98 Å². The van der Waals surface area contributed by atoms with Crippen molar-refractivity contribution in [1.29, 1.82) is 0 Å². The second kappa shape index (κ2) is 4.54. The van der Waals surface area contributed by atoms with E-state index in [1.54, 1.807) is 6.20 Å². The predicted molar refractivity (Wildman–Crippen MR) is 79.5 cm³/mol. The average Bonchev–Trinajstić information content (AvgIpc) is 2.41. The normalized spacial score (nSPS) is 11.5. The van der Waals surface area contributed by atoms with Crippen LogP contribution in [-0.2, 0) is 6.42 Å². The quantitative estimate of drug-likeness (QED) is 0.689. The summed E-state index contributed by atoms with van der Waals surface area (Å²) in [4.78, 5) is 4.43. The van der Waals surface area contributed by atoms with Crippen LogP contribution >= 0.6 is 0 Å². The van der Waals surface area contributed by atoms with Gasteiger partial charge in [0.25, 0.3) is 0 Å². The van der Waals surface area contributed by atoms with Crippen LogP contribution in [0, 0.1) is 5.92 Å². The van der Waals surface area contributed by atoms with E-state index >= 15 is 0 Å². The summed E-state index contributed by atoms with van der Waals surface area (Å²) in [6.45, 7) is 4.32. The number of rotatable bonds is 2. The molecule has 0 atom stereocenters. The summed E-state index contributed by atoms with van der Waals surface area (Å²) < 4.78 is 0. The summed E-state index contributed by atoms with van der Waals surface area (Å²) >= 11 is 0. The first kappa shape index (κ1) is 12.0. The van der Waals surface area contributed by atoms with Crippen LogP contribution in [0.2, 0.25) is 0 Å². The van der Waals surface area contributed by atoms with Crippen LogP contribution in [0.25, 0.3) is 21.7 Å². The van der Waals surface area contributed by atoms with Crippen LogP contribution in [0.15, 0.2) is 42.6 Å². The van der Waals surface area contributed by atoms with Crippen molar-refractivity contribution in [2.24, 2.45) is 5.92 Å². The van der Waals surface area contributed by atoms with Crippen molar-refractivity contribution in [3.8, 4) is 5.75 Å². The molecule has 3 rings (SSSR count). The molecular formula is C17H17NO. The average molecular weight is 251 g/mol. The van der Waals surface area contributed by atoms with Crippen LogP contribution in [0.3, 0.4) is 0 Å². The van der Waals surface area contributed by atoms with Gasteiger partial charge in [-0.05, 0) is 29.4 Å². The van der Waals surface area contributed by atoms with Crippen molar-refractivity contribution in [2.75, 3.05) is 0 Å². The molecule has 0 amide bonds. The highest BCUT2D eigenvalue weighted by Gasteiger charge is 2.11. The van der Waals surface area contributed by atoms with Crippen LogP contribution in [0.1, 0.15) is 19.4 Å². The van der Waals surface area contributed by atoms with Crippen molar-refractivity contribution in [3.05, 3.63) is 48.2 Å². The molecule has 2 aromatic carbocycles. The Morgan fingerprint density at radius 1 is 1.05 bits per heavy atom. The number of hydrogen-bond donors (Lipinski definition) is 1. The van der Waals surface area contributed by atoms with Gasteiger partial charge in [0.2, 0.25) is 0 Å². The number of benzene rings is 2. The summed E-state index contributed by atoms with van der Waals surface area (Å²) in [7, 11) is 0. The number of aromatic nitrogens is 1. The molecule has 3 aromatic rings. The van der Waals surface area contributed by atoms with E-state index in [4.69, 9.17) is 0 Å². The lowest BCUT2D eigenvalue weighted by molar-refractivity contribution is 0.469. The lowest BCUT2D eigenvalue weighted by Crippen LogP contribution is -1.95. The fraction of sp³-hybridized carbons (Fsp3) is 0.235. The van der Waals surface area contributed by atoms with Gasteiger partial charge in [0.05, 0.1) is 10.9 Å². The molecule has 2 heteroatoms. The maximum Gasteiger partial charge on any atom is 0.128 e. The molecule has 0 spiro atoms. The molecule has 0 saturated heterocycles. The standard InChI is InChI=1S/C17H17NO/c1-11(2)10-14-8-6-12-5-7-13-4-3-9-18-16(13)15(12)17(14)19/h3-9,11,19H,10H2,1-2H3. The maximum absolute atomic E-state index is 10.6. The van der Waals surface area contributed by atoms with E-state index in [0.29, 0.717) is 11.7 Å². The second-order valence-electron chi connectivity index (χ2n) is 5.41. The SMILES string of the molecule is CC(C)Cc1ccc2ccc3cccnc3c2c1O. The summed E-state index contributed by atoms with van der Waals surface area (Å²) in [5.74, 6) is 0.904. The predicted octanol–water partition coefficient (Wildman–Crippen LogP) is 4.29. The summed E-state index contributed by atoms with van der Waals surface area (Å²) in [5, 5.41) is 13.5. The highest BCUT2D eigenvalue weighted by atomic mass is 16.3. The molecule has 0 aliphatic heterocycles.